The fraction of sp³-hybridized carbons (Fsp3) is 0.188. The van der Waals surface area contributed by atoms with Gasteiger partial charge in [0, 0.05) is 17.0 Å². The summed E-state index contributed by atoms with van der Waals surface area (Å²) in [6, 6.07) is 6.51. The molecule has 0 amide bonds. The molecule has 0 aliphatic heterocycles. The molecule has 104 valence electrons. The summed E-state index contributed by atoms with van der Waals surface area (Å²) in [5, 5.41) is 1.20. The molecule has 0 bridgehead atoms. The van der Waals surface area contributed by atoms with Crippen LogP contribution in [0.3, 0.4) is 0 Å². The van der Waals surface area contributed by atoms with Gasteiger partial charge in [-0.25, -0.2) is 4.98 Å². The van der Waals surface area contributed by atoms with Gasteiger partial charge in [-0.2, -0.15) is 0 Å². The molecule has 0 spiro atoms. The number of aromatic nitrogens is 1. The zero-order chi connectivity index (χ0) is 14.6. The second kappa shape index (κ2) is 4.40. The third-order valence-electron chi connectivity index (χ3n) is 3.82. The van der Waals surface area contributed by atoms with Crippen molar-refractivity contribution in [2.45, 2.75) is 19.3 Å². The van der Waals surface area contributed by atoms with Gasteiger partial charge in [0.15, 0.2) is 5.78 Å². The highest BCUT2D eigenvalue weighted by molar-refractivity contribution is 6.31. The van der Waals surface area contributed by atoms with Gasteiger partial charge in [0.1, 0.15) is 5.58 Å². The van der Waals surface area contributed by atoms with Crippen LogP contribution in [-0.2, 0) is 6.42 Å². The number of benzene rings is 1. The Kier molecular flexibility index (Phi) is 2.62. The topological polar surface area (TPSA) is 60.2 Å². The first-order valence-electron chi connectivity index (χ1n) is 6.73. The molecule has 0 unspecified atom stereocenters. The summed E-state index contributed by atoms with van der Waals surface area (Å²) in [5.41, 5.74) is 1.79. The molecule has 0 N–H and O–H groups in total. The number of rotatable bonds is 0. The Hall–Kier alpha value is -2.20. The number of ketones is 1. The van der Waals surface area contributed by atoms with Crippen LogP contribution in [-0.4, -0.2) is 10.8 Å². The van der Waals surface area contributed by atoms with Crippen LogP contribution < -0.4 is 5.43 Å². The summed E-state index contributed by atoms with van der Waals surface area (Å²) in [6.07, 6.45) is 2.03. The fourth-order valence-corrected chi connectivity index (χ4v) is 2.95. The first-order chi connectivity index (χ1) is 10.1. The van der Waals surface area contributed by atoms with E-state index in [-0.39, 0.29) is 16.9 Å². The van der Waals surface area contributed by atoms with E-state index in [9.17, 15) is 9.59 Å². The van der Waals surface area contributed by atoms with Crippen LogP contribution in [0.2, 0.25) is 5.02 Å². The van der Waals surface area contributed by atoms with Crippen molar-refractivity contribution in [1.29, 1.82) is 0 Å². The Labute approximate surface area is 124 Å². The van der Waals surface area contributed by atoms with Gasteiger partial charge in [-0.15, -0.1) is 0 Å². The van der Waals surface area contributed by atoms with Crippen molar-refractivity contribution >= 4 is 39.5 Å². The third kappa shape index (κ3) is 1.87. The van der Waals surface area contributed by atoms with Crippen molar-refractivity contribution in [3.8, 4) is 0 Å². The summed E-state index contributed by atoms with van der Waals surface area (Å²) < 4.78 is 5.70. The Morgan fingerprint density at radius 1 is 1.10 bits per heavy atom. The average molecular weight is 300 g/mol. The van der Waals surface area contributed by atoms with Crippen molar-refractivity contribution < 1.29 is 9.21 Å². The van der Waals surface area contributed by atoms with Crippen LogP contribution in [0.5, 0.6) is 0 Å². The summed E-state index contributed by atoms with van der Waals surface area (Å²) in [5.74, 6) is 0.0382. The quantitative estimate of drug-likeness (QED) is 0.596. The van der Waals surface area contributed by atoms with Crippen LogP contribution in [0.25, 0.3) is 22.1 Å². The van der Waals surface area contributed by atoms with Crippen LogP contribution in [0.4, 0.5) is 0 Å². The lowest BCUT2D eigenvalue weighted by molar-refractivity contribution is 0.0972. The summed E-state index contributed by atoms with van der Waals surface area (Å²) >= 11 is 5.93. The Morgan fingerprint density at radius 3 is 2.81 bits per heavy atom. The highest BCUT2D eigenvalue weighted by atomic mass is 35.5. The van der Waals surface area contributed by atoms with Crippen LogP contribution in [0, 0.1) is 0 Å². The van der Waals surface area contributed by atoms with E-state index in [0.29, 0.717) is 33.4 Å². The minimum absolute atomic E-state index is 0.0382. The van der Waals surface area contributed by atoms with Crippen molar-refractivity contribution in [2.75, 3.05) is 0 Å². The van der Waals surface area contributed by atoms with E-state index in [2.05, 4.69) is 4.98 Å². The Balaban J connectivity index is 2.15. The number of Topliss-reactive ketones (excluding diaryl/α,β-unsaturated/α-hetero) is 1. The number of carbonyl (C=O) groups excluding carboxylic acids is 1. The molecule has 1 aromatic carbocycles. The molecule has 21 heavy (non-hydrogen) atoms. The zero-order valence-electron chi connectivity index (χ0n) is 11.0. The number of carbonyl (C=O) groups is 1. The number of pyridine rings is 1. The molecule has 3 aromatic rings. The molecule has 0 saturated carbocycles. The normalized spacial score (nSPS) is 14.6. The number of fused-ring (bicyclic) bond motifs is 3. The maximum Gasteiger partial charge on any atom is 0.230 e. The largest absolute Gasteiger partial charge is 0.437 e. The van der Waals surface area contributed by atoms with E-state index in [1.165, 1.54) is 0 Å². The van der Waals surface area contributed by atoms with E-state index >= 15 is 0 Å². The van der Waals surface area contributed by atoms with Gasteiger partial charge in [0.2, 0.25) is 11.1 Å². The third-order valence-corrected chi connectivity index (χ3v) is 4.06. The van der Waals surface area contributed by atoms with Gasteiger partial charge in [-0.05, 0) is 37.1 Å². The van der Waals surface area contributed by atoms with Crippen molar-refractivity contribution in [2.24, 2.45) is 0 Å². The number of hydrogen-bond acceptors (Lipinski definition) is 4. The van der Waals surface area contributed by atoms with Gasteiger partial charge < -0.3 is 4.42 Å². The minimum atomic E-state index is -0.206. The number of aryl methyl sites for hydroxylation is 1. The molecule has 0 fully saturated rings. The molecule has 2 aromatic heterocycles. The predicted octanol–water partition coefficient (Wildman–Crippen LogP) is 3.51. The number of nitrogens with zero attached hydrogens (tertiary/aromatic N) is 1. The second-order valence-electron chi connectivity index (χ2n) is 5.18. The molecular formula is C16H10ClNO3. The van der Waals surface area contributed by atoms with Gasteiger partial charge in [0.25, 0.3) is 0 Å². The standard InChI is InChI=1S/C16H10ClNO3/c17-8-4-5-14-10(6-8)15(20)11-7-9-12(18-16(11)21-14)2-1-3-13(9)19/h4-7H,1-3H2. The minimum Gasteiger partial charge on any atom is -0.437 e. The first kappa shape index (κ1) is 12.5. The molecule has 1 aliphatic rings. The fourth-order valence-electron chi connectivity index (χ4n) is 2.77. The molecule has 0 radical (unpaired) electrons. The van der Waals surface area contributed by atoms with Crippen LogP contribution in [0.1, 0.15) is 28.9 Å². The van der Waals surface area contributed by atoms with Gasteiger partial charge >= 0.3 is 0 Å². The molecule has 4 nitrogen and oxygen atoms in total. The monoisotopic (exact) mass is 299 g/mol. The number of hydrogen-bond donors (Lipinski definition) is 0. The lowest BCUT2D eigenvalue weighted by Crippen LogP contribution is -2.14. The maximum absolute atomic E-state index is 12.6. The van der Waals surface area contributed by atoms with Crippen LogP contribution in [0.15, 0.2) is 33.5 Å². The Bertz CT molecular complexity index is 975. The lowest BCUT2D eigenvalue weighted by Gasteiger charge is -2.13. The molecular weight excluding hydrogens is 290 g/mol. The van der Waals surface area contributed by atoms with E-state index in [1.807, 2.05) is 0 Å². The van der Waals surface area contributed by atoms with E-state index in [0.717, 1.165) is 18.5 Å². The summed E-state index contributed by atoms with van der Waals surface area (Å²) in [7, 11) is 0. The van der Waals surface area contributed by atoms with Crippen molar-refractivity contribution in [1.82, 2.24) is 4.98 Å². The zero-order valence-corrected chi connectivity index (χ0v) is 11.7. The van der Waals surface area contributed by atoms with E-state index in [1.54, 1.807) is 24.3 Å². The van der Waals surface area contributed by atoms with Crippen molar-refractivity contribution in [3.63, 3.8) is 0 Å². The molecule has 1 aliphatic carbocycles. The number of halogens is 1. The van der Waals surface area contributed by atoms with Gasteiger partial charge in [0.05, 0.1) is 16.5 Å². The predicted molar refractivity (Wildman–Crippen MR) is 80.1 cm³/mol. The average Bonchev–Trinajstić information content (AvgIpc) is 2.47. The van der Waals surface area contributed by atoms with E-state index < -0.39 is 0 Å². The summed E-state index contributed by atoms with van der Waals surface area (Å²) in [6.45, 7) is 0. The summed E-state index contributed by atoms with van der Waals surface area (Å²) in [4.78, 5) is 28.9. The molecule has 0 atom stereocenters. The lowest BCUT2D eigenvalue weighted by atomic mass is 9.94. The highest BCUT2D eigenvalue weighted by Crippen LogP contribution is 2.25. The van der Waals surface area contributed by atoms with Crippen molar-refractivity contribution in [3.05, 3.63) is 50.8 Å². The van der Waals surface area contributed by atoms with Gasteiger partial charge in [-0.1, -0.05) is 11.6 Å². The Morgan fingerprint density at radius 2 is 1.95 bits per heavy atom. The van der Waals surface area contributed by atoms with Gasteiger partial charge in [-0.3, -0.25) is 9.59 Å². The first-order valence-corrected chi connectivity index (χ1v) is 7.10. The smallest absolute Gasteiger partial charge is 0.230 e. The maximum atomic E-state index is 12.6. The SMILES string of the molecule is O=C1CCCc2nc3oc4ccc(Cl)cc4c(=O)c3cc21. The molecule has 2 heterocycles. The highest BCUT2D eigenvalue weighted by Gasteiger charge is 2.21. The molecule has 4 rings (SSSR count). The van der Waals surface area contributed by atoms with Crippen LogP contribution >= 0.6 is 11.6 Å². The molecule has 5 heteroatoms. The molecule has 0 saturated heterocycles. The van der Waals surface area contributed by atoms with E-state index in [4.69, 9.17) is 16.0 Å². The second-order valence-corrected chi connectivity index (χ2v) is 5.62.